The monoisotopic (exact) mass is 99.0 g/mol. The molecule has 33 valence electrons. The Balaban J connectivity index is 0.0000000833. The van der Waals surface area contributed by atoms with Crippen LogP contribution in [0.2, 0.25) is 10.6 Å². The van der Waals surface area contributed by atoms with Gasteiger partial charge in [-0.1, -0.05) is 6.58 Å². The summed E-state index contributed by atoms with van der Waals surface area (Å²) in [6.07, 6.45) is 0.750. The zero-order valence-electron chi connectivity index (χ0n) is 3.72. The number of aliphatic hydroxyl groups excluding tert-OH is 1. The van der Waals surface area contributed by atoms with Crippen LogP contribution in [0.4, 0.5) is 0 Å². The molecule has 2 heteroatoms. The molecule has 0 saturated carbocycles. The lowest BCUT2D eigenvalue weighted by molar-refractivity contribution is 0.476. The molecule has 1 aliphatic rings. The lowest BCUT2D eigenvalue weighted by atomic mass is 11.0. The molecule has 0 aromatic rings. The van der Waals surface area contributed by atoms with Crippen molar-refractivity contribution in [2.45, 2.75) is 10.6 Å². The van der Waals surface area contributed by atoms with E-state index in [1.807, 2.05) is 0 Å². The first-order valence-corrected chi connectivity index (χ1v) is 3.62. The number of hydrogen-bond acceptors (Lipinski definition) is 1. The van der Waals surface area contributed by atoms with E-state index in [9.17, 15) is 0 Å². The summed E-state index contributed by atoms with van der Waals surface area (Å²) >= 11 is 1.000. The van der Waals surface area contributed by atoms with Crippen LogP contribution in [0.1, 0.15) is 0 Å². The fourth-order valence-electron chi connectivity index (χ4n) is 0. The number of rotatable bonds is 0. The fraction of sp³-hybridized carbons (Fsp3) is 0.500. The van der Waals surface area contributed by atoms with Gasteiger partial charge in [0.25, 0.3) is 0 Å². The van der Waals surface area contributed by atoms with Crippen LogP contribution in [0.15, 0.2) is 12.8 Å². The van der Waals surface area contributed by atoms with E-state index in [1.165, 1.54) is 0 Å². The van der Waals surface area contributed by atoms with E-state index < -0.39 is 0 Å². The Labute approximate surface area is 44.4 Å². The smallest absolute Gasteiger partial charge is 0.195 e. The Morgan fingerprint density at radius 2 is 1.83 bits per heavy atom. The minimum absolute atomic E-state index is 0.750. The highest BCUT2D eigenvalue weighted by atomic mass is 27.1. The predicted molar refractivity (Wildman–Crippen MR) is 28.2 cm³/mol. The maximum Gasteiger partial charge on any atom is 0.195 e. The average Bonchev–Trinajstić information content (AvgIpc) is 2.11. The molecule has 1 fully saturated rings. The molecule has 1 N–H and O–H groups in total. The Kier molecular flexibility index (Phi) is 5.13. The highest BCUT2D eigenvalue weighted by Crippen LogP contribution is 2.04. The largest absolute Gasteiger partial charge is 0.516 e. The minimum Gasteiger partial charge on any atom is -0.516 e. The Bertz CT molecular complexity index is 31.8. The second-order valence-electron chi connectivity index (χ2n) is 1.05. The van der Waals surface area contributed by atoms with Gasteiger partial charge in [0.1, 0.15) is 0 Å². The van der Waals surface area contributed by atoms with Gasteiger partial charge in [-0.3, -0.25) is 0 Å². The van der Waals surface area contributed by atoms with Crippen LogP contribution in [-0.4, -0.2) is 20.3 Å². The van der Waals surface area contributed by atoms with E-state index in [4.69, 9.17) is 5.11 Å². The molecular weight excluding hydrogens is 91.0 g/mol. The third kappa shape index (κ3) is 33.4. The second kappa shape index (κ2) is 5.07. The van der Waals surface area contributed by atoms with E-state index in [-0.39, 0.29) is 0 Å². The van der Waals surface area contributed by atoms with Gasteiger partial charge in [0.2, 0.25) is 0 Å². The van der Waals surface area contributed by atoms with Gasteiger partial charge in [0.05, 0.1) is 6.26 Å². The third-order valence-electron chi connectivity index (χ3n) is 0.289. The number of aliphatic hydroxyl groups is 1. The van der Waals surface area contributed by atoms with Crippen molar-refractivity contribution in [1.82, 2.24) is 0 Å². The van der Waals surface area contributed by atoms with Gasteiger partial charge in [0.15, 0.2) is 15.2 Å². The van der Waals surface area contributed by atoms with Gasteiger partial charge in [0, 0.05) is 0 Å². The van der Waals surface area contributed by atoms with Gasteiger partial charge in [-0.05, 0) is 0 Å². The van der Waals surface area contributed by atoms with Gasteiger partial charge in [-0.2, -0.15) is 0 Å². The van der Waals surface area contributed by atoms with Crippen molar-refractivity contribution >= 4 is 15.2 Å². The maximum atomic E-state index is 7.33. The standard InChI is InChI=1S/C2H4O.C2H4.Al/c1-2-3;1-2;/h2-3H,1H2;1-2H2;. The van der Waals surface area contributed by atoms with Crippen LogP contribution in [0, 0.1) is 0 Å². The summed E-state index contributed by atoms with van der Waals surface area (Å²) in [6.45, 7) is 2.92. The van der Waals surface area contributed by atoms with Crippen molar-refractivity contribution in [3.05, 3.63) is 12.8 Å². The van der Waals surface area contributed by atoms with Crippen molar-refractivity contribution in [3.63, 3.8) is 0 Å². The summed E-state index contributed by atoms with van der Waals surface area (Å²) in [5, 5.41) is 10.5. The van der Waals surface area contributed by atoms with Crippen LogP contribution >= 0.6 is 0 Å². The molecule has 6 heavy (non-hydrogen) atoms. The summed E-state index contributed by atoms with van der Waals surface area (Å²) in [7, 11) is 0. The van der Waals surface area contributed by atoms with Gasteiger partial charge in [-0.15, -0.1) is 10.6 Å². The molecule has 0 aliphatic carbocycles. The first-order chi connectivity index (χ1) is 2.91. The molecule has 1 nitrogen and oxygen atoms in total. The molecule has 0 aromatic heterocycles. The zero-order chi connectivity index (χ0) is 4.83. The normalized spacial score (nSPS) is 12.7. The summed E-state index contributed by atoms with van der Waals surface area (Å²) in [6, 6.07) is 0. The first-order valence-electron chi connectivity index (χ1n) is 1.98. The third-order valence-corrected chi connectivity index (χ3v) is 0.866. The van der Waals surface area contributed by atoms with E-state index in [1.54, 1.807) is 10.6 Å². The maximum absolute atomic E-state index is 7.33. The number of hydrogen-bond donors (Lipinski definition) is 1. The molecule has 0 aromatic carbocycles. The Hall–Kier alpha value is 0.0725. The van der Waals surface area contributed by atoms with Crippen molar-refractivity contribution < 1.29 is 5.11 Å². The molecule has 1 aliphatic heterocycles. The van der Waals surface area contributed by atoms with Crippen LogP contribution in [0.5, 0.6) is 0 Å². The molecule has 0 amide bonds. The first kappa shape index (κ1) is 6.07. The second-order valence-corrected chi connectivity index (χ2v) is 2.78. The van der Waals surface area contributed by atoms with E-state index >= 15 is 0 Å². The minimum atomic E-state index is 0.750. The molecule has 0 spiro atoms. The SMILES string of the molecule is C=CO.[CH2]1[CH2][Al]1. The van der Waals surface area contributed by atoms with E-state index in [0.29, 0.717) is 0 Å². The quantitative estimate of drug-likeness (QED) is 0.357. The van der Waals surface area contributed by atoms with Crippen LogP contribution in [0.3, 0.4) is 0 Å². The lowest BCUT2D eigenvalue weighted by Gasteiger charge is -1.41. The molecule has 1 saturated heterocycles. The highest BCUT2D eigenvalue weighted by molar-refractivity contribution is 6.47. The van der Waals surface area contributed by atoms with Crippen molar-refractivity contribution in [2.75, 3.05) is 0 Å². The van der Waals surface area contributed by atoms with Crippen LogP contribution in [-0.2, 0) is 0 Å². The van der Waals surface area contributed by atoms with E-state index in [0.717, 1.165) is 21.5 Å². The Morgan fingerprint density at radius 3 is 1.83 bits per heavy atom. The molecule has 0 unspecified atom stereocenters. The van der Waals surface area contributed by atoms with Crippen molar-refractivity contribution in [1.29, 1.82) is 0 Å². The van der Waals surface area contributed by atoms with Gasteiger partial charge >= 0.3 is 0 Å². The summed E-state index contributed by atoms with van der Waals surface area (Å²) < 4.78 is 0. The van der Waals surface area contributed by atoms with Gasteiger partial charge < -0.3 is 5.11 Å². The van der Waals surface area contributed by atoms with Gasteiger partial charge in [-0.25, -0.2) is 0 Å². The zero-order valence-corrected chi connectivity index (χ0v) is 4.88. The summed E-state index contributed by atoms with van der Waals surface area (Å²) in [4.78, 5) is 0. The highest BCUT2D eigenvalue weighted by Gasteiger charge is 2.00. The molecule has 1 rings (SSSR count). The topological polar surface area (TPSA) is 20.2 Å². The van der Waals surface area contributed by atoms with Crippen LogP contribution < -0.4 is 0 Å². The fourth-order valence-corrected chi connectivity index (χ4v) is 0. The molecule has 0 atom stereocenters. The lowest BCUT2D eigenvalue weighted by Crippen LogP contribution is -1.25. The summed E-state index contributed by atoms with van der Waals surface area (Å²) in [5.74, 6) is 0. The molecule has 1 heterocycles. The molecule has 0 bridgehead atoms. The molecule has 1 radical (unpaired) electrons. The summed E-state index contributed by atoms with van der Waals surface area (Å²) in [5.41, 5.74) is 0. The molecular formula is C4H8AlO. The van der Waals surface area contributed by atoms with E-state index in [2.05, 4.69) is 6.58 Å². The predicted octanol–water partition coefficient (Wildman–Crippen LogP) is 1.23. The van der Waals surface area contributed by atoms with Crippen LogP contribution in [0.25, 0.3) is 0 Å². The van der Waals surface area contributed by atoms with Crippen molar-refractivity contribution in [2.24, 2.45) is 0 Å². The average molecular weight is 99.1 g/mol. The van der Waals surface area contributed by atoms with Crippen molar-refractivity contribution in [3.8, 4) is 0 Å². The Morgan fingerprint density at radius 1 is 1.67 bits per heavy atom.